The Morgan fingerprint density at radius 1 is 1.26 bits per heavy atom. The van der Waals surface area contributed by atoms with Crippen molar-refractivity contribution < 1.29 is 4.79 Å². The average Bonchev–Trinajstić information content (AvgIpc) is 3.01. The van der Waals surface area contributed by atoms with E-state index < -0.39 is 0 Å². The van der Waals surface area contributed by atoms with Gasteiger partial charge in [0.05, 0.1) is 12.6 Å². The SMILES string of the molecule is C=CC1=CC(Cl)=CCC=C1NCC(=O)NC(CCCC)C(/C=C\C)=C/C=C/N1CCN(C)CC1. The molecule has 2 N–H and O–H groups in total. The fourth-order valence-corrected chi connectivity index (χ4v) is 4.12. The molecule has 0 aromatic rings. The molecule has 1 aliphatic heterocycles. The zero-order valence-electron chi connectivity index (χ0n) is 21.0. The van der Waals surface area contributed by atoms with Crippen LogP contribution in [0.1, 0.15) is 39.5 Å². The fraction of sp³-hybridized carbons (Fsp3) is 0.464. The summed E-state index contributed by atoms with van der Waals surface area (Å²) in [5, 5.41) is 7.18. The molecule has 0 saturated carbocycles. The minimum atomic E-state index is -0.0350. The van der Waals surface area contributed by atoms with Crippen molar-refractivity contribution in [1.82, 2.24) is 20.4 Å². The maximum absolute atomic E-state index is 12.9. The standard InChI is InChI=1S/C28H41ClN4O/c1-5-8-14-27(24(11-6-2)12-10-16-33-19-17-32(4)18-20-33)31-28(34)22-30-26-15-9-13-25(29)21-23(26)7-3/h6-7,10-13,15-16,21,27,30H,3,5,8-9,14,17-20,22H2,1-2,4H3,(H,31,34)/b11-6-,16-10+,24-12+. The summed E-state index contributed by atoms with van der Waals surface area (Å²) in [6.45, 7) is 12.5. The van der Waals surface area contributed by atoms with Gasteiger partial charge in [0.2, 0.25) is 5.91 Å². The van der Waals surface area contributed by atoms with Crippen molar-refractivity contribution >= 4 is 17.5 Å². The topological polar surface area (TPSA) is 47.6 Å². The molecule has 2 aliphatic rings. The average molecular weight is 485 g/mol. The van der Waals surface area contributed by atoms with Gasteiger partial charge in [-0.05, 0) is 56.3 Å². The van der Waals surface area contributed by atoms with E-state index in [2.05, 4.69) is 65.4 Å². The lowest BCUT2D eigenvalue weighted by molar-refractivity contribution is -0.120. The molecular formula is C28H41ClN4O. The van der Waals surface area contributed by atoms with Gasteiger partial charge in [0, 0.05) is 36.9 Å². The van der Waals surface area contributed by atoms with E-state index in [0.29, 0.717) is 11.5 Å². The molecule has 6 heteroatoms. The van der Waals surface area contributed by atoms with Crippen molar-refractivity contribution in [3.8, 4) is 0 Å². The van der Waals surface area contributed by atoms with E-state index in [9.17, 15) is 4.79 Å². The zero-order valence-corrected chi connectivity index (χ0v) is 21.8. The van der Waals surface area contributed by atoms with E-state index in [-0.39, 0.29) is 18.5 Å². The summed E-state index contributed by atoms with van der Waals surface area (Å²) in [7, 11) is 2.16. The Hall–Kier alpha value is -2.50. The molecule has 1 heterocycles. The van der Waals surface area contributed by atoms with Gasteiger partial charge in [-0.1, -0.05) is 74.4 Å². The Kier molecular flexibility index (Phi) is 12.6. The highest BCUT2D eigenvalue weighted by Gasteiger charge is 2.16. The Labute approximate surface area is 211 Å². The number of amides is 1. The van der Waals surface area contributed by atoms with Gasteiger partial charge in [-0.25, -0.2) is 0 Å². The lowest BCUT2D eigenvalue weighted by Gasteiger charge is -2.31. The highest BCUT2D eigenvalue weighted by molar-refractivity contribution is 6.31. The number of piperazine rings is 1. The number of rotatable bonds is 12. The second-order valence-electron chi connectivity index (χ2n) is 8.71. The minimum absolute atomic E-state index is 0.0313. The molecule has 2 rings (SSSR count). The largest absolute Gasteiger partial charge is 0.376 e. The predicted octanol–water partition coefficient (Wildman–Crippen LogP) is 5.04. The number of hydrogen-bond acceptors (Lipinski definition) is 4. The Morgan fingerprint density at radius 2 is 2.03 bits per heavy atom. The second-order valence-corrected chi connectivity index (χ2v) is 9.15. The van der Waals surface area contributed by atoms with Crippen LogP contribution >= 0.6 is 11.6 Å². The van der Waals surface area contributed by atoms with E-state index in [1.807, 2.05) is 31.2 Å². The van der Waals surface area contributed by atoms with Crippen LogP contribution in [0.15, 0.2) is 83.3 Å². The van der Waals surface area contributed by atoms with Crippen LogP contribution in [-0.2, 0) is 4.79 Å². The first-order chi connectivity index (χ1) is 16.5. The van der Waals surface area contributed by atoms with Crippen LogP contribution in [-0.4, -0.2) is 61.5 Å². The van der Waals surface area contributed by atoms with Crippen molar-refractivity contribution in [2.45, 2.75) is 45.6 Å². The molecule has 0 bridgehead atoms. The molecule has 1 atom stereocenters. The van der Waals surface area contributed by atoms with Crippen molar-refractivity contribution in [3.63, 3.8) is 0 Å². The summed E-state index contributed by atoms with van der Waals surface area (Å²) >= 11 is 6.18. The van der Waals surface area contributed by atoms with Gasteiger partial charge in [-0.15, -0.1) is 0 Å². The van der Waals surface area contributed by atoms with Crippen molar-refractivity contribution in [2.75, 3.05) is 39.8 Å². The summed E-state index contributed by atoms with van der Waals surface area (Å²) in [4.78, 5) is 17.6. The first kappa shape index (κ1) is 27.7. The lowest BCUT2D eigenvalue weighted by Crippen LogP contribution is -2.41. The number of hydrogen-bond donors (Lipinski definition) is 2. The van der Waals surface area contributed by atoms with Crippen molar-refractivity contribution in [3.05, 3.63) is 83.3 Å². The molecule has 1 fully saturated rings. The van der Waals surface area contributed by atoms with Gasteiger partial charge in [-0.3, -0.25) is 4.79 Å². The van der Waals surface area contributed by atoms with E-state index >= 15 is 0 Å². The third-order valence-electron chi connectivity index (χ3n) is 5.97. The number of carbonyl (C=O) groups excluding carboxylic acids is 1. The first-order valence-electron chi connectivity index (χ1n) is 12.3. The Bertz CT molecular complexity index is 858. The van der Waals surface area contributed by atoms with Crippen LogP contribution in [0, 0.1) is 0 Å². The van der Waals surface area contributed by atoms with Crippen LogP contribution in [0.2, 0.25) is 0 Å². The third-order valence-corrected chi connectivity index (χ3v) is 6.23. The molecular weight excluding hydrogens is 444 g/mol. The lowest BCUT2D eigenvalue weighted by atomic mass is 10.00. The van der Waals surface area contributed by atoms with Crippen LogP contribution in [0.4, 0.5) is 0 Å². The highest BCUT2D eigenvalue weighted by atomic mass is 35.5. The van der Waals surface area contributed by atoms with E-state index in [1.54, 1.807) is 6.08 Å². The molecule has 1 aliphatic carbocycles. The summed E-state index contributed by atoms with van der Waals surface area (Å²) in [5.41, 5.74) is 2.88. The van der Waals surface area contributed by atoms with Gasteiger partial charge < -0.3 is 20.4 Å². The molecule has 1 unspecified atom stereocenters. The molecule has 0 aromatic carbocycles. The number of halogens is 1. The summed E-state index contributed by atoms with van der Waals surface area (Å²) in [6.07, 6.45) is 21.9. The number of nitrogens with one attached hydrogen (secondary N) is 2. The van der Waals surface area contributed by atoms with Crippen molar-refractivity contribution in [2.24, 2.45) is 0 Å². The number of unbranched alkanes of at least 4 members (excludes halogenated alkanes) is 1. The highest BCUT2D eigenvalue weighted by Crippen LogP contribution is 2.19. The second kappa shape index (κ2) is 15.4. The van der Waals surface area contributed by atoms with Crippen LogP contribution in [0.3, 0.4) is 0 Å². The quantitative estimate of drug-likeness (QED) is 0.381. The summed E-state index contributed by atoms with van der Waals surface area (Å²) < 4.78 is 0. The fourth-order valence-electron chi connectivity index (χ4n) is 3.91. The Balaban J connectivity index is 2.03. The van der Waals surface area contributed by atoms with Gasteiger partial charge in [0.15, 0.2) is 0 Å². The monoisotopic (exact) mass is 484 g/mol. The van der Waals surface area contributed by atoms with E-state index in [1.165, 1.54) is 0 Å². The van der Waals surface area contributed by atoms with E-state index in [4.69, 9.17) is 11.6 Å². The first-order valence-corrected chi connectivity index (χ1v) is 12.7. The number of allylic oxidation sites excluding steroid dienone is 8. The number of likely N-dealkylation sites (N-methyl/N-ethyl adjacent to an activating group) is 1. The van der Waals surface area contributed by atoms with Crippen LogP contribution in [0.5, 0.6) is 0 Å². The number of carbonyl (C=O) groups is 1. The molecule has 5 nitrogen and oxygen atoms in total. The summed E-state index contributed by atoms with van der Waals surface area (Å²) in [5.74, 6) is -0.0350. The maximum Gasteiger partial charge on any atom is 0.239 e. The van der Waals surface area contributed by atoms with Gasteiger partial charge in [-0.2, -0.15) is 0 Å². The molecule has 0 radical (unpaired) electrons. The summed E-state index contributed by atoms with van der Waals surface area (Å²) in [6, 6.07) is -0.0313. The third kappa shape index (κ3) is 9.78. The Morgan fingerprint density at radius 3 is 2.71 bits per heavy atom. The number of nitrogens with zero attached hydrogens (tertiary/aromatic N) is 2. The molecule has 186 valence electrons. The smallest absolute Gasteiger partial charge is 0.239 e. The van der Waals surface area contributed by atoms with Crippen molar-refractivity contribution in [1.29, 1.82) is 0 Å². The molecule has 34 heavy (non-hydrogen) atoms. The van der Waals surface area contributed by atoms with Crippen LogP contribution < -0.4 is 10.6 Å². The minimum Gasteiger partial charge on any atom is -0.376 e. The van der Waals surface area contributed by atoms with Gasteiger partial charge in [0.25, 0.3) is 0 Å². The van der Waals surface area contributed by atoms with E-state index in [0.717, 1.165) is 62.3 Å². The normalized spacial score (nSPS) is 18.9. The maximum atomic E-state index is 12.9. The van der Waals surface area contributed by atoms with Crippen LogP contribution in [0.25, 0.3) is 0 Å². The predicted molar refractivity (Wildman–Crippen MR) is 145 cm³/mol. The zero-order chi connectivity index (χ0) is 24.8. The van der Waals surface area contributed by atoms with Gasteiger partial charge in [0.1, 0.15) is 0 Å². The molecule has 1 amide bonds. The molecule has 0 aromatic heterocycles. The molecule has 0 spiro atoms. The molecule has 1 saturated heterocycles. The van der Waals surface area contributed by atoms with Gasteiger partial charge >= 0.3 is 0 Å².